The lowest BCUT2D eigenvalue weighted by Gasteiger charge is -2.16. The van der Waals surface area contributed by atoms with Gasteiger partial charge in [-0.1, -0.05) is 37.3 Å². The lowest BCUT2D eigenvalue weighted by Crippen LogP contribution is -2.30. The molecule has 19 heavy (non-hydrogen) atoms. The molecular formula is C15H20N2O2. The monoisotopic (exact) mass is 260 g/mol. The van der Waals surface area contributed by atoms with Gasteiger partial charge in [-0.2, -0.15) is 0 Å². The topological polar surface area (TPSA) is 49.4 Å². The summed E-state index contributed by atoms with van der Waals surface area (Å²) in [4.78, 5) is 25.6. The van der Waals surface area contributed by atoms with E-state index in [1.165, 1.54) is 0 Å². The minimum Gasteiger partial charge on any atom is -0.359 e. The van der Waals surface area contributed by atoms with E-state index in [9.17, 15) is 9.59 Å². The number of carbonyl (C=O) groups is 2. The zero-order valence-corrected chi connectivity index (χ0v) is 11.4. The maximum Gasteiger partial charge on any atom is 0.226 e. The molecule has 102 valence electrons. The number of hydrogen-bond donors (Lipinski definition) is 1. The highest BCUT2D eigenvalue weighted by Gasteiger charge is 2.38. The molecule has 1 aliphatic rings. The first kappa shape index (κ1) is 13.6. The number of rotatable bonds is 4. The van der Waals surface area contributed by atoms with Gasteiger partial charge in [0.1, 0.15) is 0 Å². The molecule has 1 aromatic carbocycles. The molecule has 2 atom stereocenters. The summed E-state index contributed by atoms with van der Waals surface area (Å²) in [5, 5.41) is 2.59. The second-order valence-electron chi connectivity index (χ2n) is 5.17. The number of amides is 2. The standard InChI is InChI=1S/C15H20N2O2/c1-11-9-17(10-12-6-4-3-5-7-12)15(19)13(11)8-14(18)16-2/h3-7,11,13H,8-10H2,1-2H3,(H,16,18)/t11-,13+/m0/s1. The van der Waals surface area contributed by atoms with E-state index < -0.39 is 0 Å². The summed E-state index contributed by atoms with van der Waals surface area (Å²) in [6.45, 7) is 3.40. The minimum atomic E-state index is -0.177. The maximum absolute atomic E-state index is 12.3. The second kappa shape index (κ2) is 5.87. The van der Waals surface area contributed by atoms with E-state index in [4.69, 9.17) is 0 Å². The van der Waals surface area contributed by atoms with E-state index in [-0.39, 0.29) is 23.7 Å². The lowest BCUT2D eigenvalue weighted by molar-refractivity contribution is -0.134. The number of carbonyl (C=O) groups excluding carboxylic acids is 2. The summed E-state index contributed by atoms with van der Waals surface area (Å²) in [6, 6.07) is 9.95. The van der Waals surface area contributed by atoms with Gasteiger partial charge in [-0.05, 0) is 11.5 Å². The Balaban J connectivity index is 2.01. The van der Waals surface area contributed by atoms with Gasteiger partial charge >= 0.3 is 0 Å². The maximum atomic E-state index is 12.3. The van der Waals surface area contributed by atoms with Gasteiger partial charge in [-0.3, -0.25) is 9.59 Å². The van der Waals surface area contributed by atoms with E-state index in [0.717, 1.165) is 12.1 Å². The van der Waals surface area contributed by atoms with Crippen molar-refractivity contribution in [2.24, 2.45) is 11.8 Å². The Morgan fingerprint density at radius 2 is 2.05 bits per heavy atom. The van der Waals surface area contributed by atoms with Crippen LogP contribution in [0.1, 0.15) is 18.9 Å². The highest BCUT2D eigenvalue weighted by molar-refractivity contribution is 5.87. The van der Waals surface area contributed by atoms with E-state index in [2.05, 4.69) is 5.32 Å². The Labute approximate surface area is 113 Å². The lowest BCUT2D eigenvalue weighted by atomic mass is 9.94. The van der Waals surface area contributed by atoms with Crippen molar-refractivity contribution in [3.63, 3.8) is 0 Å². The molecule has 1 N–H and O–H groups in total. The molecule has 0 aromatic heterocycles. The van der Waals surface area contributed by atoms with Gasteiger partial charge in [0.25, 0.3) is 0 Å². The molecule has 1 aromatic rings. The van der Waals surface area contributed by atoms with Gasteiger partial charge < -0.3 is 10.2 Å². The van der Waals surface area contributed by atoms with Crippen LogP contribution in [0, 0.1) is 11.8 Å². The number of nitrogens with one attached hydrogen (secondary N) is 1. The average Bonchev–Trinajstić information content (AvgIpc) is 2.67. The van der Waals surface area contributed by atoms with Crippen LogP contribution in [0.3, 0.4) is 0 Å². The Morgan fingerprint density at radius 1 is 1.37 bits per heavy atom. The molecule has 0 saturated carbocycles. The summed E-state index contributed by atoms with van der Waals surface area (Å²) in [7, 11) is 1.61. The fourth-order valence-corrected chi connectivity index (χ4v) is 2.58. The van der Waals surface area contributed by atoms with E-state index in [0.29, 0.717) is 13.0 Å². The first-order valence-corrected chi connectivity index (χ1v) is 6.65. The van der Waals surface area contributed by atoms with Crippen molar-refractivity contribution < 1.29 is 9.59 Å². The molecule has 0 spiro atoms. The molecule has 2 amide bonds. The molecule has 0 radical (unpaired) electrons. The van der Waals surface area contributed by atoms with Crippen LogP contribution >= 0.6 is 0 Å². The van der Waals surface area contributed by atoms with Crippen LogP contribution in [0.4, 0.5) is 0 Å². The van der Waals surface area contributed by atoms with Crippen molar-refractivity contribution >= 4 is 11.8 Å². The Hall–Kier alpha value is -1.84. The van der Waals surface area contributed by atoms with Crippen molar-refractivity contribution in [1.29, 1.82) is 0 Å². The largest absolute Gasteiger partial charge is 0.359 e. The predicted molar refractivity (Wildman–Crippen MR) is 73.2 cm³/mol. The van der Waals surface area contributed by atoms with Crippen molar-refractivity contribution in [3.05, 3.63) is 35.9 Å². The summed E-state index contributed by atoms with van der Waals surface area (Å²) in [5.41, 5.74) is 1.13. The second-order valence-corrected chi connectivity index (χ2v) is 5.17. The van der Waals surface area contributed by atoms with Crippen molar-refractivity contribution in [2.75, 3.05) is 13.6 Å². The van der Waals surface area contributed by atoms with Crippen LogP contribution in [0.5, 0.6) is 0 Å². The number of likely N-dealkylation sites (tertiary alicyclic amines) is 1. The Kier molecular flexibility index (Phi) is 4.20. The first-order valence-electron chi connectivity index (χ1n) is 6.65. The average molecular weight is 260 g/mol. The quantitative estimate of drug-likeness (QED) is 0.890. The molecule has 2 rings (SSSR count). The highest BCUT2D eigenvalue weighted by Crippen LogP contribution is 2.28. The van der Waals surface area contributed by atoms with Crippen molar-refractivity contribution in [2.45, 2.75) is 19.9 Å². The van der Waals surface area contributed by atoms with Crippen LogP contribution in [-0.4, -0.2) is 30.3 Å². The third kappa shape index (κ3) is 3.13. The normalized spacial score (nSPS) is 22.6. The molecule has 0 unspecified atom stereocenters. The third-order valence-electron chi connectivity index (χ3n) is 3.72. The number of benzene rings is 1. The molecule has 1 heterocycles. The molecule has 1 saturated heterocycles. The Morgan fingerprint density at radius 3 is 2.68 bits per heavy atom. The molecule has 1 fully saturated rings. The molecular weight excluding hydrogens is 240 g/mol. The van der Waals surface area contributed by atoms with E-state index in [1.807, 2.05) is 42.2 Å². The smallest absolute Gasteiger partial charge is 0.226 e. The minimum absolute atomic E-state index is 0.0632. The van der Waals surface area contributed by atoms with Gasteiger partial charge in [-0.25, -0.2) is 0 Å². The molecule has 4 nitrogen and oxygen atoms in total. The number of nitrogens with zero attached hydrogens (tertiary/aromatic N) is 1. The fourth-order valence-electron chi connectivity index (χ4n) is 2.58. The summed E-state index contributed by atoms with van der Waals surface area (Å²) < 4.78 is 0. The molecule has 1 aliphatic heterocycles. The summed E-state index contributed by atoms with van der Waals surface area (Å²) in [6.07, 6.45) is 0.293. The highest BCUT2D eigenvalue weighted by atomic mass is 16.2. The van der Waals surface area contributed by atoms with E-state index in [1.54, 1.807) is 7.05 Å². The van der Waals surface area contributed by atoms with Crippen LogP contribution in [0.2, 0.25) is 0 Å². The zero-order chi connectivity index (χ0) is 13.8. The van der Waals surface area contributed by atoms with Crippen molar-refractivity contribution in [3.8, 4) is 0 Å². The van der Waals surface area contributed by atoms with Crippen LogP contribution < -0.4 is 5.32 Å². The first-order chi connectivity index (χ1) is 9.11. The third-order valence-corrected chi connectivity index (χ3v) is 3.72. The molecule has 4 heteroatoms. The van der Waals surface area contributed by atoms with Crippen LogP contribution in [0.25, 0.3) is 0 Å². The molecule has 0 aliphatic carbocycles. The zero-order valence-electron chi connectivity index (χ0n) is 11.4. The van der Waals surface area contributed by atoms with Gasteiger partial charge in [0.2, 0.25) is 11.8 Å². The molecule has 0 bridgehead atoms. The van der Waals surface area contributed by atoms with Gasteiger partial charge in [0.15, 0.2) is 0 Å². The van der Waals surface area contributed by atoms with Gasteiger partial charge in [0, 0.05) is 26.6 Å². The predicted octanol–water partition coefficient (Wildman–Crippen LogP) is 1.42. The van der Waals surface area contributed by atoms with Crippen LogP contribution in [-0.2, 0) is 16.1 Å². The van der Waals surface area contributed by atoms with E-state index >= 15 is 0 Å². The van der Waals surface area contributed by atoms with Gasteiger partial charge in [-0.15, -0.1) is 0 Å². The van der Waals surface area contributed by atoms with Gasteiger partial charge in [0.05, 0.1) is 5.92 Å². The summed E-state index contributed by atoms with van der Waals surface area (Å²) >= 11 is 0. The number of hydrogen-bond acceptors (Lipinski definition) is 2. The van der Waals surface area contributed by atoms with Crippen LogP contribution in [0.15, 0.2) is 30.3 Å². The Bertz CT molecular complexity index is 458. The SMILES string of the molecule is CNC(=O)C[C@H]1C(=O)N(Cc2ccccc2)C[C@@H]1C. The summed E-state index contributed by atoms with van der Waals surface area (Å²) in [5.74, 6) is 0.0869. The van der Waals surface area contributed by atoms with Crippen molar-refractivity contribution in [1.82, 2.24) is 10.2 Å². The fraction of sp³-hybridized carbons (Fsp3) is 0.467.